The Balaban J connectivity index is 2.51. The highest BCUT2D eigenvalue weighted by Gasteiger charge is 2.20. The van der Waals surface area contributed by atoms with Crippen molar-refractivity contribution >= 4 is 6.29 Å². The molecule has 0 atom stereocenters. The van der Waals surface area contributed by atoms with Gasteiger partial charge in [0.2, 0.25) is 5.82 Å². The summed E-state index contributed by atoms with van der Waals surface area (Å²) in [4.78, 5) is 14.4. The van der Waals surface area contributed by atoms with E-state index >= 15 is 0 Å². The van der Waals surface area contributed by atoms with Gasteiger partial charge in [0.15, 0.2) is 23.7 Å². The van der Waals surface area contributed by atoms with Crippen molar-refractivity contribution in [2.45, 2.75) is 6.61 Å². The molecular formula is C12H8F4N2O2. The van der Waals surface area contributed by atoms with E-state index in [2.05, 4.69) is 9.72 Å². The zero-order chi connectivity index (χ0) is 14.9. The van der Waals surface area contributed by atoms with E-state index in [0.717, 1.165) is 12.1 Å². The van der Waals surface area contributed by atoms with Crippen LogP contribution in [0.2, 0.25) is 0 Å². The summed E-state index contributed by atoms with van der Waals surface area (Å²) in [6, 6.07) is 1.95. The molecular weight excluding hydrogens is 280 g/mol. The van der Waals surface area contributed by atoms with Gasteiger partial charge in [-0.05, 0) is 12.1 Å². The largest absolute Gasteiger partial charge is 0.432 e. The number of rotatable bonds is 4. The van der Waals surface area contributed by atoms with Crippen molar-refractivity contribution < 1.29 is 27.1 Å². The molecule has 0 radical (unpaired) electrons. The fourth-order valence-corrected chi connectivity index (χ4v) is 1.70. The first-order valence-electron chi connectivity index (χ1n) is 5.35. The molecule has 0 N–H and O–H groups in total. The first-order chi connectivity index (χ1) is 9.45. The minimum atomic E-state index is -3.26. The van der Waals surface area contributed by atoms with Crippen molar-refractivity contribution in [2.75, 3.05) is 0 Å². The van der Waals surface area contributed by atoms with Gasteiger partial charge in [-0.2, -0.15) is 13.2 Å². The lowest BCUT2D eigenvalue weighted by molar-refractivity contribution is -0.0525. The Morgan fingerprint density at radius 3 is 2.55 bits per heavy atom. The Hall–Kier alpha value is -2.38. The predicted octanol–water partition coefficient (Wildman–Crippen LogP) is 2.78. The lowest BCUT2D eigenvalue weighted by atomic mass is 10.1. The minimum Gasteiger partial charge on any atom is -0.432 e. The standard InChI is InChI=1S/C12H8F4N2O2/c1-18-7(4-17-9(18)5-19)6-2-3-8(20-12(15)16)11(14)10(6)13/h2-5,12H,1H3. The van der Waals surface area contributed by atoms with E-state index in [9.17, 15) is 22.4 Å². The SMILES string of the molecule is Cn1c(-c2ccc(OC(F)F)c(F)c2F)cnc1C=O. The minimum absolute atomic E-state index is 0.0210. The van der Waals surface area contributed by atoms with Crippen LogP contribution in [0.5, 0.6) is 5.75 Å². The van der Waals surface area contributed by atoms with Crippen molar-refractivity contribution in [3.05, 3.63) is 35.8 Å². The number of ether oxygens (including phenoxy) is 1. The van der Waals surface area contributed by atoms with E-state index in [1.165, 1.54) is 17.8 Å². The highest BCUT2D eigenvalue weighted by molar-refractivity contribution is 5.73. The maximum absolute atomic E-state index is 13.9. The van der Waals surface area contributed by atoms with Gasteiger partial charge in [0.05, 0.1) is 11.9 Å². The number of benzene rings is 1. The number of alkyl halides is 2. The normalized spacial score (nSPS) is 10.9. The molecule has 0 spiro atoms. The summed E-state index contributed by atoms with van der Waals surface area (Å²) in [5.41, 5.74) is -0.0840. The highest BCUT2D eigenvalue weighted by Crippen LogP contribution is 2.30. The lowest BCUT2D eigenvalue weighted by Crippen LogP contribution is -2.06. The molecule has 20 heavy (non-hydrogen) atoms. The average Bonchev–Trinajstić information content (AvgIpc) is 2.76. The maximum Gasteiger partial charge on any atom is 0.387 e. The molecule has 1 heterocycles. The zero-order valence-electron chi connectivity index (χ0n) is 10.1. The van der Waals surface area contributed by atoms with Crippen LogP contribution in [0.15, 0.2) is 18.3 Å². The van der Waals surface area contributed by atoms with Gasteiger partial charge in [-0.25, -0.2) is 9.37 Å². The summed E-state index contributed by atoms with van der Waals surface area (Å²) in [6.45, 7) is -3.26. The second-order valence-electron chi connectivity index (χ2n) is 3.80. The molecule has 0 aliphatic carbocycles. The third-order valence-corrected chi connectivity index (χ3v) is 2.67. The van der Waals surface area contributed by atoms with Crippen LogP contribution in [-0.4, -0.2) is 22.4 Å². The van der Waals surface area contributed by atoms with E-state index in [0.29, 0.717) is 6.29 Å². The van der Waals surface area contributed by atoms with Gasteiger partial charge in [-0.1, -0.05) is 0 Å². The van der Waals surface area contributed by atoms with Crippen LogP contribution >= 0.6 is 0 Å². The molecule has 0 fully saturated rings. The van der Waals surface area contributed by atoms with Gasteiger partial charge in [0.1, 0.15) is 0 Å². The molecule has 0 unspecified atom stereocenters. The van der Waals surface area contributed by atoms with Crippen molar-refractivity contribution in [1.29, 1.82) is 0 Å². The van der Waals surface area contributed by atoms with Crippen LogP contribution in [-0.2, 0) is 7.05 Å². The van der Waals surface area contributed by atoms with E-state index in [-0.39, 0.29) is 17.1 Å². The number of imidazole rings is 1. The molecule has 0 bridgehead atoms. The van der Waals surface area contributed by atoms with Gasteiger partial charge in [0, 0.05) is 12.6 Å². The molecule has 0 saturated carbocycles. The van der Waals surface area contributed by atoms with E-state index in [1.54, 1.807) is 0 Å². The number of nitrogens with zero attached hydrogens (tertiary/aromatic N) is 2. The number of hydrogen-bond acceptors (Lipinski definition) is 3. The quantitative estimate of drug-likeness (QED) is 0.642. The Morgan fingerprint density at radius 1 is 1.30 bits per heavy atom. The number of aromatic nitrogens is 2. The van der Waals surface area contributed by atoms with Gasteiger partial charge in [0.25, 0.3) is 0 Å². The average molecular weight is 288 g/mol. The Kier molecular flexibility index (Phi) is 3.73. The van der Waals surface area contributed by atoms with Gasteiger partial charge >= 0.3 is 6.61 Å². The summed E-state index contributed by atoms with van der Waals surface area (Å²) in [7, 11) is 1.44. The number of carbonyl (C=O) groups excluding carboxylic acids is 1. The molecule has 2 aromatic rings. The monoisotopic (exact) mass is 288 g/mol. The zero-order valence-corrected chi connectivity index (χ0v) is 10.1. The molecule has 0 aliphatic rings. The molecule has 1 aromatic carbocycles. The fraction of sp³-hybridized carbons (Fsp3) is 0.167. The number of hydrogen-bond donors (Lipinski definition) is 0. The van der Waals surface area contributed by atoms with Crippen LogP contribution < -0.4 is 4.74 Å². The van der Waals surface area contributed by atoms with Gasteiger partial charge in [-0.15, -0.1) is 0 Å². The molecule has 0 saturated heterocycles. The highest BCUT2D eigenvalue weighted by atomic mass is 19.3. The van der Waals surface area contributed by atoms with E-state index < -0.39 is 24.0 Å². The predicted molar refractivity (Wildman–Crippen MR) is 60.6 cm³/mol. The van der Waals surface area contributed by atoms with Crippen molar-refractivity contribution in [3.63, 3.8) is 0 Å². The molecule has 0 aliphatic heterocycles. The second kappa shape index (κ2) is 5.32. The molecule has 4 nitrogen and oxygen atoms in total. The second-order valence-corrected chi connectivity index (χ2v) is 3.80. The van der Waals surface area contributed by atoms with E-state index in [1.807, 2.05) is 0 Å². The number of carbonyl (C=O) groups is 1. The third-order valence-electron chi connectivity index (χ3n) is 2.67. The first-order valence-corrected chi connectivity index (χ1v) is 5.35. The number of aldehydes is 1. The molecule has 0 amide bonds. The van der Waals surface area contributed by atoms with Gasteiger partial charge < -0.3 is 9.30 Å². The van der Waals surface area contributed by atoms with Crippen LogP contribution in [0.25, 0.3) is 11.3 Å². The molecule has 1 aromatic heterocycles. The summed E-state index contributed by atoms with van der Waals surface area (Å²) in [5.74, 6) is -3.76. The first kappa shape index (κ1) is 14.0. The lowest BCUT2D eigenvalue weighted by Gasteiger charge is -2.10. The summed E-state index contributed by atoms with van der Waals surface area (Å²) < 4.78 is 56.6. The summed E-state index contributed by atoms with van der Waals surface area (Å²) in [6.07, 6.45) is 1.63. The summed E-state index contributed by atoms with van der Waals surface area (Å²) in [5, 5.41) is 0. The Labute approximate surface area is 110 Å². The topological polar surface area (TPSA) is 44.1 Å². The van der Waals surface area contributed by atoms with Crippen LogP contribution in [0.4, 0.5) is 17.6 Å². The molecule has 8 heteroatoms. The van der Waals surface area contributed by atoms with E-state index in [4.69, 9.17) is 0 Å². The van der Waals surface area contributed by atoms with Crippen molar-refractivity contribution in [3.8, 4) is 17.0 Å². The van der Waals surface area contributed by atoms with Gasteiger partial charge in [-0.3, -0.25) is 4.79 Å². The molecule has 2 rings (SSSR count). The fourth-order valence-electron chi connectivity index (χ4n) is 1.70. The summed E-state index contributed by atoms with van der Waals surface area (Å²) >= 11 is 0. The number of halogens is 4. The maximum atomic E-state index is 13.9. The van der Waals surface area contributed by atoms with Crippen molar-refractivity contribution in [2.24, 2.45) is 7.05 Å². The van der Waals surface area contributed by atoms with Crippen LogP contribution in [0, 0.1) is 11.6 Å². The smallest absolute Gasteiger partial charge is 0.387 e. The van der Waals surface area contributed by atoms with Crippen LogP contribution in [0.1, 0.15) is 10.6 Å². The Morgan fingerprint density at radius 2 is 2.00 bits per heavy atom. The van der Waals surface area contributed by atoms with Crippen molar-refractivity contribution in [1.82, 2.24) is 9.55 Å². The Bertz CT molecular complexity index is 655. The third kappa shape index (κ3) is 2.36. The molecule has 106 valence electrons. The van der Waals surface area contributed by atoms with Crippen LogP contribution in [0.3, 0.4) is 0 Å².